The topological polar surface area (TPSA) is 97.4 Å². The van der Waals surface area contributed by atoms with Crippen LogP contribution in [0.25, 0.3) is 0 Å². The van der Waals surface area contributed by atoms with E-state index in [-0.39, 0.29) is 19.8 Å². The maximum atomic E-state index is 11.4. The summed E-state index contributed by atoms with van der Waals surface area (Å²) in [6.07, 6.45) is -1.27. The molecule has 14 heavy (non-hydrogen) atoms. The van der Waals surface area contributed by atoms with Crippen molar-refractivity contribution in [3.05, 3.63) is 0 Å². The average molecular weight is 246 g/mol. The molecule has 0 aromatic rings. The van der Waals surface area contributed by atoms with Gasteiger partial charge in [-0.05, 0) is 0 Å². The molecule has 0 spiro atoms. The number of phosphoric ester groups is 1. The summed E-state index contributed by atoms with van der Waals surface area (Å²) < 4.78 is 55.1. The molecule has 0 bridgehead atoms. The molecule has 2 saturated heterocycles. The van der Waals surface area contributed by atoms with E-state index in [0.29, 0.717) is 0 Å². The number of rotatable bonds is 2. The van der Waals surface area contributed by atoms with Crippen LogP contribution in [0.1, 0.15) is 0 Å². The van der Waals surface area contributed by atoms with Crippen molar-refractivity contribution in [2.45, 2.75) is 6.29 Å². The Balaban J connectivity index is 1.96. The van der Waals surface area contributed by atoms with E-state index in [2.05, 4.69) is 21.9 Å². The van der Waals surface area contributed by atoms with Crippen LogP contribution in [-0.2, 0) is 36.9 Å². The van der Waals surface area contributed by atoms with Crippen molar-refractivity contribution in [1.82, 2.24) is 0 Å². The van der Waals surface area contributed by atoms with Crippen LogP contribution in [0.5, 0.6) is 0 Å². The smallest absolute Gasteiger partial charge is 0.284 e. The minimum absolute atomic E-state index is 0.137. The third kappa shape index (κ3) is 2.31. The fraction of sp³-hybridized carbons (Fsp3) is 1.00. The van der Waals surface area contributed by atoms with Crippen molar-refractivity contribution in [2.75, 3.05) is 19.8 Å². The van der Waals surface area contributed by atoms with Crippen molar-refractivity contribution in [2.24, 2.45) is 0 Å². The Morgan fingerprint density at radius 3 is 2.43 bits per heavy atom. The molecular weight excluding hydrogens is 239 g/mol. The highest BCUT2D eigenvalue weighted by Crippen LogP contribution is 2.54. The van der Waals surface area contributed by atoms with Crippen molar-refractivity contribution >= 4 is 18.2 Å². The number of phosphoric acid groups is 1. The maximum Gasteiger partial charge on any atom is 0.477 e. The van der Waals surface area contributed by atoms with Gasteiger partial charge < -0.3 is 0 Å². The summed E-state index contributed by atoms with van der Waals surface area (Å²) in [7, 11) is -7.67. The highest BCUT2D eigenvalue weighted by molar-refractivity contribution is 7.82. The maximum absolute atomic E-state index is 11.4. The van der Waals surface area contributed by atoms with Gasteiger partial charge in [0, 0.05) is 0 Å². The minimum Gasteiger partial charge on any atom is -0.284 e. The quantitative estimate of drug-likeness (QED) is 0.616. The molecule has 82 valence electrons. The van der Waals surface area contributed by atoms with Gasteiger partial charge in [-0.3, -0.25) is 13.6 Å². The van der Waals surface area contributed by atoms with Crippen LogP contribution in [0.2, 0.25) is 0 Å². The minimum atomic E-state index is -4.02. The van der Waals surface area contributed by atoms with Crippen LogP contribution in [0.4, 0.5) is 0 Å². The van der Waals surface area contributed by atoms with Gasteiger partial charge in [0.15, 0.2) is 0 Å². The summed E-state index contributed by atoms with van der Waals surface area (Å²) >= 11 is 0. The Morgan fingerprint density at radius 2 is 1.93 bits per heavy atom. The average Bonchev–Trinajstić information content (AvgIpc) is 2.59. The molecule has 2 heterocycles. The first-order chi connectivity index (χ1) is 6.49. The highest BCUT2D eigenvalue weighted by Gasteiger charge is 2.41. The van der Waals surface area contributed by atoms with Gasteiger partial charge in [0.25, 0.3) is 0 Å². The zero-order chi connectivity index (χ0) is 10.2. The molecule has 0 aromatic carbocycles. The molecule has 2 aliphatic heterocycles. The first-order valence-corrected chi connectivity index (χ1v) is 6.44. The summed E-state index contributed by atoms with van der Waals surface area (Å²) in [5.74, 6) is 0. The van der Waals surface area contributed by atoms with Crippen molar-refractivity contribution in [3.63, 3.8) is 0 Å². The first kappa shape index (κ1) is 10.5. The summed E-state index contributed by atoms with van der Waals surface area (Å²) in [6, 6.07) is 0. The highest BCUT2D eigenvalue weighted by atomic mass is 32.3. The largest absolute Gasteiger partial charge is 0.477 e. The van der Waals surface area contributed by atoms with Crippen molar-refractivity contribution in [1.29, 1.82) is 0 Å². The molecule has 2 fully saturated rings. The van der Waals surface area contributed by atoms with E-state index in [1.165, 1.54) is 0 Å². The van der Waals surface area contributed by atoms with Crippen molar-refractivity contribution in [3.8, 4) is 0 Å². The predicted molar refractivity (Wildman–Crippen MR) is 40.3 cm³/mol. The van der Waals surface area contributed by atoms with E-state index in [1.54, 1.807) is 0 Å². The van der Waals surface area contributed by atoms with E-state index in [0.717, 1.165) is 0 Å². The molecule has 0 N–H and O–H groups in total. The zero-order valence-corrected chi connectivity index (χ0v) is 8.53. The normalized spacial score (nSPS) is 34.7. The summed E-state index contributed by atoms with van der Waals surface area (Å²) in [5, 5.41) is 0. The molecule has 0 aliphatic carbocycles. The molecule has 10 heteroatoms. The molecular formula is C4H7O8PS. The predicted octanol–water partition coefficient (Wildman–Crippen LogP) is -0.224. The third-order valence-corrected chi connectivity index (χ3v) is 3.77. The third-order valence-electron chi connectivity index (χ3n) is 1.40. The van der Waals surface area contributed by atoms with Gasteiger partial charge in [-0.25, -0.2) is 12.9 Å². The lowest BCUT2D eigenvalue weighted by atomic mass is 10.7. The Labute approximate surface area is 80.0 Å². The van der Waals surface area contributed by atoms with Crippen molar-refractivity contribution < 1.29 is 34.9 Å². The van der Waals surface area contributed by atoms with Gasteiger partial charge in [-0.15, -0.1) is 0 Å². The van der Waals surface area contributed by atoms with E-state index in [4.69, 9.17) is 0 Å². The number of hydrogen-bond acceptors (Lipinski definition) is 8. The SMILES string of the molecule is O=P1(OC2COS(=O)(=O)O2)OCCO1. The second-order valence-corrected chi connectivity index (χ2v) is 5.30. The fourth-order valence-electron chi connectivity index (χ4n) is 0.914. The van der Waals surface area contributed by atoms with Gasteiger partial charge in [0.05, 0.1) is 13.2 Å². The van der Waals surface area contributed by atoms with E-state index < -0.39 is 24.5 Å². The first-order valence-electron chi connectivity index (χ1n) is 3.64. The second kappa shape index (κ2) is 3.53. The standard InChI is InChI=1S/C4H7O8PS/c5-13(8-1-2-9-13)11-4-3-10-14(6,7)12-4/h4H,1-3H2. The summed E-state index contributed by atoms with van der Waals surface area (Å²) in [5.41, 5.74) is 0. The molecule has 0 amide bonds. The second-order valence-electron chi connectivity index (χ2n) is 2.44. The Kier molecular flexibility index (Phi) is 2.64. The number of hydrogen-bond donors (Lipinski definition) is 0. The van der Waals surface area contributed by atoms with E-state index in [1.807, 2.05) is 0 Å². The van der Waals surface area contributed by atoms with Gasteiger partial charge in [0.2, 0.25) is 6.29 Å². The lowest BCUT2D eigenvalue weighted by Crippen LogP contribution is -2.13. The zero-order valence-electron chi connectivity index (χ0n) is 6.82. The molecule has 0 aromatic heterocycles. The van der Waals surface area contributed by atoms with Crippen LogP contribution in [0.3, 0.4) is 0 Å². The fourth-order valence-corrected chi connectivity index (χ4v) is 2.85. The molecule has 1 unspecified atom stereocenters. The van der Waals surface area contributed by atoms with Crippen LogP contribution < -0.4 is 0 Å². The lowest BCUT2D eigenvalue weighted by Gasteiger charge is -2.11. The summed E-state index contributed by atoms with van der Waals surface area (Å²) in [4.78, 5) is 0. The van der Waals surface area contributed by atoms with Gasteiger partial charge >= 0.3 is 18.2 Å². The van der Waals surface area contributed by atoms with Gasteiger partial charge in [0.1, 0.15) is 6.61 Å². The Hall–Kier alpha value is -0.0200. The molecule has 0 saturated carbocycles. The molecule has 0 radical (unpaired) electrons. The van der Waals surface area contributed by atoms with E-state index in [9.17, 15) is 13.0 Å². The van der Waals surface area contributed by atoms with E-state index >= 15 is 0 Å². The molecule has 2 aliphatic rings. The van der Waals surface area contributed by atoms with Gasteiger partial charge in [-0.2, -0.15) is 8.42 Å². The van der Waals surface area contributed by atoms with Crippen LogP contribution in [0.15, 0.2) is 0 Å². The monoisotopic (exact) mass is 246 g/mol. The lowest BCUT2D eigenvalue weighted by molar-refractivity contribution is 0.000475. The van der Waals surface area contributed by atoms with Crippen LogP contribution >= 0.6 is 7.82 Å². The van der Waals surface area contributed by atoms with Crippen LogP contribution in [-0.4, -0.2) is 34.5 Å². The van der Waals surface area contributed by atoms with Crippen LogP contribution in [0, 0.1) is 0 Å². The molecule has 2 rings (SSSR count). The Bertz CT molecular complexity index is 352. The Morgan fingerprint density at radius 1 is 1.29 bits per heavy atom. The van der Waals surface area contributed by atoms with Gasteiger partial charge in [-0.1, -0.05) is 0 Å². The summed E-state index contributed by atoms with van der Waals surface area (Å²) in [6.45, 7) is -0.0890. The molecule has 8 nitrogen and oxygen atoms in total. The molecule has 1 atom stereocenters.